The fraction of sp³-hybridized carbons (Fsp3) is 0.667. The summed E-state index contributed by atoms with van der Waals surface area (Å²) in [6, 6.07) is 0. The average molecular weight is 230 g/mol. The van der Waals surface area contributed by atoms with Crippen LogP contribution in [0, 0.1) is 18.8 Å². The summed E-state index contributed by atoms with van der Waals surface area (Å²) in [7, 11) is 1.47. The van der Waals surface area contributed by atoms with Crippen molar-refractivity contribution in [3.63, 3.8) is 0 Å². The third kappa shape index (κ3) is 1.84. The van der Waals surface area contributed by atoms with Crippen molar-refractivity contribution in [1.29, 1.82) is 0 Å². The lowest BCUT2D eigenvalue weighted by molar-refractivity contribution is -0.141. The summed E-state index contributed by atoms with van der Waals surface area (Å²) in [4.78, 5) is 15.8. The molecule has 0 spiro atoms. The first-order valence-electron chi connectivity index (χ1n) is 8.92. The minimum Gasteiger partial charge on any atom is -0.465 e. The largest absolute Gasteiger partial charge is 0.465 e. The molecule has 0 amide bonds. The first-order chi connectivity index (χ1) is 10.7. The van der Waals surface area contributed by atoms with Crippen LogP contribution in [0.5, 0.6) is 0 Å². The predicted octanol–water partition coefficient (Wildman–Crippen LogP) is 1.47. The number of hydrogen-bond donors (Lipinski definition) is 0. The second-order valence-corrected chi connectivity index (χ2v) is 3.65. The molecule has 1 aliphatic rings. The van der Waals surface area contributed by atoms with Crippen molar-refractivity contribution in [2.75, 3.05) is 6.56 Å². The van der Waals surface area contributed by atoms with E-state index < -0.39 is 44.0 Å². The lowest BCUT2D eigenvalue weighted by Crippen LogP contribution is -2.18. The molecule has 0 aromatic carbocycles. The summed E-state index contributed by atoms with van der Waals surface area (Å²) in [5.41, 5.74) is -0.220. The molecule has 0 unspecified atom stereocenters. The molecular weight excluding hydrogens is 204 g/mol. The molecule has 1 aliphatic heterocycles. The van der Waals surface area contributed by atoms with Gasteiger partial charge in [-0.1, -0.05) is 6.85 Å². The number of imidazole rings is 1. The summed E-state index contributed by atoms with van der Waals surface area (Å²) in [6.07, 6.45) is -3.62. The standard InChI is InChI=1S/C12H18N2O2/c1-4-11-9(7-16-12(11)15)5-10-6-13-8(2)14(10)3/h6,9,11H,4-5,7H2,1-3H3/t9-,11-/m0/s1/i1D3,5D2,6D,7D2. The topological polar surface area (TPSA) is 44.1 Å². The van der Waals surface area contributed by atoms with Crippen molar-refractivity contribution < 1.29 is 20.5 Å². The van der Waals surface area contributed by atoms with Crippen LogP contribution in [0.3, 0.4) is 0 Å². The summed E-state index contributed by atoms with van der Waals surface area (Å²) in [5, 5.41) is 0. The highest BCUT2D eigenvalue weighted by molar-refractivity contribution is 5.74. The SMILES string of the molecule is [2H]c1nc(C)n(C)c1C([2H])([2H])[C@@H]1[C@H](CC([2H])([2H])[2H])C(=O)OC1([2H])[2H]. The first-order valence-corrected chi connectivity index (χ1v) is 4.92. The third-order valence-electron chi connectivity index (χ3n) is 2.65. The Kier molecular flexibility index (Phi) is 1.31. The molecule has 2 rings (SSSR count). The van der Waals surface area contributed by atoms with E-state index >= 15 is 0 Å². The van der Waals surface area contributed by atoms with Gasteiger partial charge in [-0.05, 0) is 19.7 Å². The molecule has 0 bridgehead atoms. The molecular formula is C12H18N2O2. The van der Waals surface area contributed by atoms with Crippen molar-refractivity contribution in [3.8, 4) is 0 Å². The van der Waals surface area contributed by atoms with E-state index in [0.29, 0.717) is 5.82 Å². The maximum absolute atomic E-state index is 12.0. The number of ether oxygens (including phenoxy) is 1. The molecule has 1 saturated heterocycles. The van der Waals surface area contributed by atoms with Gasteiger partial charge in [0.25, 0.3) is 0 Å². The smallest absolute Gasteiger partial charge is 0.309 e. The number of carbonyl (C=O) groups excluding carboxylic acids is 1. The Labute approximate surface area is 107 Å². The van der Waals surface area contributed by atoms with Crippen LogP contribution < -0.4 is 0 Å². The normalized spacial score (nSPS) is 37.0. The van der Waals surface area contributed by atoms with Crippen LogP contribution in [0.25, 0.3) is 0 Å². The Morgan fingerprint density at radius 2 is 2.75 bits per heavy atom. The molecule has 1 aromatic heterocycles. The summed E-state index contributed by atoms with van der Waals surface area (Å²) >= 11 is 0. The van der Waals surface area contributed by atoms with Crippen LogP contribution >= 0.6 is 0 Å². The zero-order chi connectivity index (χ0) is 18.7. The Bertz CT molecular complexity index is 667. The molecule has 2 atom stereocenters. The van der Waals surface area contributed by atoms with Gasteiger partial charge in [0.2, 0.25) is 0 Å². The lowest BCUT2D eigenvalue weighted by atomic mass is 9.89. The minimum absolute atomic E-state index is 0.220. The third-order valence-corrected chi connectivity index (χ3v) is 2.65. The van der Waals surface area contributed by atoms with Crippen molar-refractivity contribution in [3.05, 3.63) is 17.7 Å². The number of rotatable bonds is 3. The quantitative estimate of drug-likeness (QED) is 0.739. The predicted molar refractivity (Wildman–Crippen MR) is 59.9 cm³/mol. The van der Waals surface area contributed by atoms with Crippen LogP contribution in [0.15, 0.2) is 6.17 Å². The number of esters is 1. The van der Waals surface area contributed by atoms with Crippen LogP contribution in [0.1, 0.15) is 35.8 Å². The van der Waals surface area contributed by atoms with E-state index in [4.69, 9.17) is 11.0 Å². The van der Waals surface area contributed by atoms with Crippen LogP contribution in [-0.4, -0.2) is 22.1 Å². The zero-order valence-corrected chi connectivity index (χ0v) is 9.07. The van der Waals surface area contributed by atoms with E-state index in [1.54, 1.807) is 6.92 Å². The summed E-state index contributed by atoms with van der Waals surface area (Å²) < 4.78 is 68.3. The number of nitrogens with zero attached hydrogens (tertiary/aromatic N) is 2. The molecule has 0 N–H and O–H groups in total. The molecule has 1 aromatic rings. The summed E-state index contributed by atoms with van der Waals surface area (Å²) in [5.74, 6) is -3.94. The van der Waals surface area contributed by atoms with Crippen LogP contribution in [0.4, 0.5) is 0 Å². The van der Waals surface area contributed by atoms with E-state index in [1.165, 1.54) is 11.6 Å². The van der Waals surface area contributed by atoms with Crippen molar-refractivity contribution >= 4 is 5.97 Å². The maximum atomic E-state index is 12.0. The summed E-state index contributed by atoms with van der Waals surface area (Å²) in [6.45, 7) is -3.69. The molecule has 0 aliphatic carbocycles. The van der Waals surface area contributed by atoms with Gasteiger partial charge in [0.15, 0.2) is 0 Å². The van der Waals surface area contributed by atoms with Crippen LogP contribution in [-0.2, 0) is 23.0 Å². The minimum atomic E-state index is -2.69. The van der Waals surface area contributed by atoms with Crippen molar-refractivity contribution in [1.82, 2.24) is 9.55 Å². The molecule has 0 radical (unpaired) electrons. The highest BCUT2D eigenvalue weighted by Crippen LogP contribution is 2.28. The van der Waals surface area contributed by atoms with Gasteiger partial charge >= 0.3 is 5.97 Å². The Hall–Kier alpha value is -1.32. The fourth-order valence-electron chi connectivity index (χ4n) is 1.47. The molecule has 16 heavy (non-hydrogen) atoms. The van der Waals surface area contributed by atoms with Gasteiger partial charge in [0.05, 0.1) is 16.6 Å². The zero-order valence-electron chi connectivity index (χ0n) is 17.1. The van der Waals surface area contributed by atoms with Gasteiger partial charge in [-0.15, -0.1) is 0 Å². The number of aromatic nitrogens is 2. The molecule has 0 saturated carbocycles. The second kappa shape index (κ2) is 4.28. The highest BCUT2D eigenvalue weighted by Gasteiger charge is 2.35. The van der Waals surface area contributed by atoms with Crippen LogP contribution in [0.2, 0.25) is 0 Å². The number of cyclic esters (lactones) is 1. The van der Waals surface area contributed by atoms with Gasteiger partial charge in [-0.2, -0.15) is 0 Å². The monoisotopic (exact) mass is 230 g/mol. The van der Waals surface area contributed by atoms with E-state index in [2.05, 4.69) is 9.72 Å². The van der Waals surface area contributed by atoms with Crippen molar-refractivity contribution in [2.24, 2.45) is 18.9 Å². The maximum Gasteiger partial charge on any atom is 0.309 e. The van der Waals surface area contributed by atoms with Gasteiger partial charge in [0.1, 0.15) is 5.82 Å². The molecule has 4 heteroatoms. The Morgan fingerprint density at radius 3 is 3.38 bits per heavy atom. The Morgan fingerprint density at radius 1 is 1.94 bits per heavy atom. The van der Waals surface area contributed by atoms with Gasteiger partial charge in [0, 0.05) is 31.7 Å². The van der Waals surface area contributed by atoms with E-state index in [-0.39, 0.29) is 11.9 Å². The van der Waals surface area contributed by atoms with Crippen molar-refractivity contribution in [2.45, 2.75) is 26.6 Å². The Balaban J connectivity index is 2.57. The lowest BCUT2D eigenvalue weighted by Gasteiger charge is -2.13. The molecule has 88 valence electrons. The van der Waals surface area contributed by atoms with E-state index in [0.717, 1.165) is 0 Å². The fourth-order valence-corrected chi connectivity index (χ4v) is 1.47. The van der Waals surface area contributed by atoms with Gasteiger partial charge in [-0.25, -0.2) is 4.98 Å². The number of carbonyl (C=O) groups is 1. The highest BCUT2D eigenvalue weighted by atomic mass is 16.5. The average Bonchev–Trinajstić information content (AvgIpc) is 2.71. The number of hydrogen-bond acceptors (Lipinski definition) is 3. The second-order valence-electron chi connectivity index (χ2n) is 3.65. The number of aryl methyl sites for hydroxylation is 1. The first kappa shape index (κ1) is 4.90. The molecule has 1 fully saturated rings. The van der Waals surface area contributed by atoms with E-state index in [1.807, 2.05) is 0 Å². The van der Waals surface area contributed by atoms with Gasteiger partial charge in [-0.3, -0.25) is 4.79 Å². The molecule has 4 nitrogen and oxygen atoms in total. The van der Waals surface area contributed by atoms with Gasteiger partial charge < -0.3 is 9.30 Å². The van der Waals surface area contributed by atoms with E-state index in [9.17, 15) is 4.79 Å². The molecule has 2 heterocycles.